The summed E-state index contributed by atoms with van der Waals surface area (Å²) in [6, 6.07) is 1.08. The monoisotopic (exact) mass is 290 g/mol. The molecule has 0 aliphatic heterocycles. The van der Waals surface area contributed by atoms with Crippen LogP contribution in [0, 0.1) is 0 Å². The molecule has 5 heteroatoms. The summed E-state index contributed by atoms with van der Waals surface area (Å²) in [4.78, 5) is 2.44. The molecule has 0 aromatic heterocycles. The summed E-state index contributed by atoms with van der Waals surface area (Å²) >= 11 is 0. The molecule has 0 aliphatic carbocycles. The van der Waals surface area contributed by atoms with Crippen molar-refractivity contribution in [2.45, 2.75) is 46.7 Å². The van der Waals surface area contributed by atoms with Gasteiger partial charge >= 0.3 is 8.56 Å². The summed E-state index contributed by atoms with van der Waals surface area (Å²) in [6.07, 6.45) is 1.14. The Hall–Kier alpha value is 0.0569. The average Bonchev–Trinajstić information content (AvgIpc) is 2.38. The van der Waals surface area contributed by atoms with E-state index in [0.717, 1.165) is 58.4 Å². The van der Waals surface area contributed by atoms with Crippen molar-refractivity contribution < 1.29 is 8.85 Å². The van der Waals surface area contributed by atoms with E-state index in [-0.39, 0.29) is 0 Å². The molecule has 0 atom stereocenters. The molecule has 0 spiro atoms. The second-order valence-electron chi connectivity index (χ2n) is 4.88. The number of nitrogens with zero attached hydrogens (tertiary/aromatic N) is 1. The second-order valence-corrected chi connectivity index (χ2v) is 8.23. The lowest BCUT2D eigenvalue weighted by Gasteiger charge is -2.26. The van der Waals surface area contributed by atoms with Crippen LogP contribution in [0.1, 0.15) is 34.1 Å². The van der Waals surface area contributed by atoms with Gasteiger partial charge in [-0.3, -0.25) is 0 Å². The number of nitrogens with one attached hydrogen (secondary N) is 1. The van der Waals surface area contributed by atoms with Crippen molar-refractivity contribution in [3.63, 3.8) is 0 Å². The molecule has 0 amide bonds. The largest absolute Gasteiger partial charge is 0.395 e. The Balaban J connectivity index is 3.65. The van der Waals surface area contributed by atoms with Crippen LogP contribution < -0.4 is 5.32 Å². The average molecular weight is 291 g/mol. The smallest absolute Gasteiger partial charge is 0.334 e. The molecule has 0 aromatic rings. The van der Waals surface area contributed by atoms with E-state index in [0.29, 0.717) is 0 Å². The van der Waals surface area contributed by atoms with Crippen LogP contribution in [0.25, 0.3) is 0 Å². The quantitative estimate of drug-likeness (QED) is 0.417. The molecule has 4 nitrogen and oxygen atoms in total. The zero-order valence-corrected chi connectivity index (χ0v) is 14.6. The van der Waals surface area contributed by atoms with Crippen LogP contribution in [0.2, 0.25) is 12.6 Å². The van der Waals surface area contributed by atoms with Crippen LogP contribution in [0.4, 0.5) is 0 Å². The van der Waals surface area contributed by atoms with Crippen molar-refractivity contribution in [1.82, 2.24) is 10.2 Å². The molecule has 0 saturated heterocycles. The van der Waals surface area contributed by atoms with Crippen molar-refractivity contribution in [3.05, 3.63) is 0 Å². The first-order chi connectivity index (χ1) is 9.11. The summed E-state index contributed by atoms with van der Waals surface area (Å²) in [5, 5.41) is 3.51. The van der Waals surface area contributed by atoms with Crippen LogP contribution in [0.3, 0.4) is 0 Å². The second kappa shape index (κ2) is 11.8. The Labute approximate surface area is 121 Å². The lowest BCUT2D eigenvalue weighted by atomic mass is 10.4. The molecule has 0 fully saturated rings. The molecule has 0 heterocycles. The highest BCUT2D eigenvalue weighted by Gasteiger charge is 2.29. The number of hydrogen-bond donors (Lipinski definition) is 1. The molecule has 0 aliphatic rings. The van der Waals surface area contributed by atoms with E-state index < -0.39 is 8.56 Å². The normalized spacial score (nSPS) is 12.3. The molecule has 0 rings (SSSR count). The molecule has 0 radical (unpaired) electrons. The predicted molar refractivity (Wildman–Crippen MR) is 85.0 cm³/mol. The lowest BCUT2D eigenvalue weighted by molar-refractivity contribution is 0.188. The van der Waals surface area contributed by atoms with Gasteiger partial charge < -0.3 is 19.1 Å². The SMILES string of the molecule is CCO[Si](C)(CCCNCCN(CC)CC)OCC. The number of likely N-dealkylation sites (N-methyl/N-ethyl adjacent to an activating group) is 1. The van der Waals surface area contributed by atoms with Gasteiger partial charge in [0.15, 0.2) is 0 Å². The number of rotatable bonds is 13. The summed E-state index contributed by atoms with van der Waals surface area (Å²) in [7, 11) is -1.90. The zero-order valence-electron chi connectivity index (χ0n) is 13.6. The third-order valence-electron chi connectivity index (χ3n) is 3.38. The van der Waals surface area contributed by atoms with Crippen LogP contribution >= 0.6 is 0 Å². The van der Waals surface area contributed by atoms with E-state index >= 15 is 0 Å². The van der Waals surface area contributed by atoms with E-state index in [9.17, 15) is 0 Å². The van der Waals surface area contributed by atoms with Gasteiger partial charge in [0, 0.05) is 26.3 Å². The Morgan fingerprint density at radius 1 is 0.947 bits per heavy atom. The Morgan fingerprint density at radius 2 is 1.53 bits per heavy atom. The van der Waals surface area contributed by atoms with Gasteiger partial charge in [0.2, 0.25) is 0 Å². The van der Waals surface area contributed by atoms with Crippen molar-refractivity contribution in [1.29, 1.82) is 0 Å². The van der Waals surface area contributed by atoms with Gasteiger partial charge in [-0.25, -0.2) is 0 Å². The third-order valence-corrected chi connectivity index (χ3v) is 6.44. The minimum Gasteiger partial charge on any atom is -0.395 e. The summed E-state index contributed by atoms with van der Waals surface area (Å²) in [5.41, 5.74) is 0. The van der Waals surface area contributed by atoms with E-state index in [1.54, 1.807) is 0 Å². The van der Waals surface area contributed by atoms with Crippen LogP contribution in [-0.2, 0) is 8.85 Å². The summed E-state index contributed by atoms with van der Waals surface area (Å²) in [5.74, 6) is 0. The highest BCUT2D eigenvalue weighted by atomic mass is 28.4. The third kappa shape index (κ3) is 9.57. The van der Waals surface area contributed by atoms with Gasteiger partial charge in [-0.1, -0.05) is 13.8 Å². The maximum absolute atomic E-state index is 5.83. The topological polar surface area (TPSA) is 33.7 Å². The van der Waals surface area contributed by atoms with Crippen molar-refractivity contribution in [2.24, 2.45) is 0 Å². The first kappa shape index (κ1) is 19.1. The first-order valence-corrected chi connectivity index (χ1v) is 10.3. The minimum absolute atomic E-state index is 0.762. The number of hydrogen-bond acceptors (Lipinski definition) is 4. The van der Waals surface area contributed by atoms with E-state index in [2.05, 4.69) is 30.6 Å². The van der Waals surface area contributed by atoms with Crippen LogP contribution in [0.15, 0.2) is 0 Å². The molecular weight excluding hydrogens is 256 g/mol. The zero-order chi connectivity index (χ0) is 14.6. The minimum atomic E-state index is -1.90. The fourth-order valence-corrected chi connectivity index (χ4v) is 4.65. The molecule has 0 aromatic carbocycles. The highest BCUT2D eigenvalue weighted by Crippen LogP contribution is 2.15. The maximum atomic E-state index is 5.83. The van der Waals surface area contributed by atoms with E-state index in [4.69, 9.17) is 8.85 Å². The van der Waals surface area contributed by atoms with Crippen LogP contribution in [-0.4, -0.2) is 59.4 Å². The molecule has 0 saturated carbocycles. The highest BCUT2D eigenvalue weighted by molar-refractivity contribution is 6.66. The van der Waals surface area contributed by atoms with Gasteiger partial charge in [0.1, 0.15) is 0 Å². The first-order valence-electron chi connectivity index (χ1n) is 7.82. The van der Waals surface area contributed by atoms with Crippen molar-refractivity contribution >= 4 is 8.56 Å². The molecule has 0 unspecified atom stereocenters. The summed E-state index contributed by atoms with van der Waals surface area (Å²) < 4.78 is 11.7. The summed E-state index contributed by atoms with van der Waals surface area (Å²) in [6.45, 7) is 17.8. The van der Waals surface area contributed by atoms with Crippen molar-refractivity contribution in [2.75, 3.05) is 45.9 Å². The molecule has 0 bridgehead atoms. The van der Waals surface area contributed by atoms with Gasteiger partial charge in [0.25, 0.3) is 0 Å². The van der Waals surface area contributed by atoms with E-state index in [1.165, 1.54) is 0 Å². The van der Waals surface area contributed by atoms with Gasteiger partial charge in [-0.15, -0.1) is 0 Å². The van der Waals surface area contributed by atoms with Crippen LogP contribution in [0.5, 0.6) is 0 Å². The Kier molecular flexibility index (Phi) is 11.9. The standard InChI is InChI=1S/C14H34N2O2Si/c1-6-16(7-2)13-12-15-11-10-14-19(5,17-8-3)18-9-4/h15H,6-14H2,1-5H3. The van der Waals surface area contributed by atoms with Gasteiger partial charge in [-0.05, 0) is 52.5 Å². The molecule has 1 N–H and O–H groups in total. The molecule has 116 valence electrons. The predicted octanol–water partition coefficient (Wildman–Crippen LogP) is 2.45. The Morgan fingerprint density at radius 3 is 2.00 bits per heavy atom. The van der Waals surface area contributed by atoms with Crippen molar-refractivity contribution in [3.8, 4) is 0 Å². The lowest BCUT2D eigenvalue weighted by Crippen LogP contribution is -2.39. The Bertz CT molecular complexity index is 196. The van der Waals surface area contributed by atoms with E-state index in [1.807, 2.05) is 13.8 Å². The fraction of sp³-hybridized carbons (Fsp3) is 1.00. The van der Waals surface area contributed by atoms with Gasteiger partial charge in [0.05, 0.1) is 0 Å². The van der Waals surface area contributed by atoms with Gasteiger partial charge in [-0.2, -0.15) is 0 Å². The fourth-order valence-electron chi connectivity index (χ4n) is 2.23. The molecule has 19 heavy (non-hydrogen) atoms. The maximum Gasteiger partial charge on any atom is 0.334 e. The molecular formula is C14H34N2O2Si.